The first-order valence-electron chi connectivity index (χ1n) is 6.70. The minimum Gasteiger partial charge on any atom is -0.330 e. The van der Waals surface area contributed by atoms with Crippen LogP contribution in [0.3, 0.4) is 0 Å². The maximum Gasteiger partial charge on any atom is 0.000955 e. The van der Waals surface area contributed by atoms with E-state index in [1.54, 1.807) is 0 Å². The third kappa shape index (κ3) is 2.94. The molecule has 2 fully saturated rings. The first kappa shape index (κ1) is 11.4. The fourth-order valence-electron chi connectivity index (χ4n) is 2.67. The molecule has 0 aromatic heterocycles. The third-order valence-electron chi connectivity index (χ3n) is 4.47. The van der Waals surface area contributed by atoms with Gasteiger partial charge in [-0.25, -0.2) is 0 Å². The highest BCUT2D eigenvalue weighted by Crippen LogP contribution is 2.43. The highest BCUT2D eigenvalue weighted by molar-refractivity contribution is 4.89. The van der Waals surface area contributed by atoms with E-state index in [9.17, 15) is 0 Å². The summed E-state index contributed by atoms with van der Waals surface area (Å²) in [5.74, 6) is 1.03. The number of nitrogens with zero attached hydrogens (tertiary/aromatic N) is 1. The van der Waals surface area contributed by atoms with Gasteiger partial charge in [0.2, 0.25) is 0 Å². The lowest BCUT2D eigenvalue weighted by Crippen LogP contribution is -2.41. The van der Waals surface area contributed by atoms with Gasteiger partial charge in [-0.2, -0.15) is 0 Å². The SMILES string of the molecule is CCN(CCC1(CN)CCC1)CC1CC1. The topological polar surface area (TPSA) is 29.3 Å². The molecule has 0 aromatic carbocycles. The molecule has 0 spiro atoms. The van der Waals surface area contributed by atoms with E-state index in [4.69, 9.17) is 5.73 Å². The summed E-state index contributed by atoms with van der Waals surface area (Å²) in [5.41, 5.74) is 6.43. The molecule has 0 radical (unpaired) electrons. The monoisotopic (exact) mass is 210 g/mol. The van der Waals surface area contributed by atoms with Gasteiger partial charge in [0.15, 0.2) is 0 Å². The van der Waals surface area contributed by atoms with E-state index in [2.05, 4.69) is 11.8 Å². The van der Waals surface area contributed by atoms with Crippen LogP contribution in [0.25, 0.3) is 0 Å². The van der Waals surface area contributed by atoms with Gasteiger partial charge in [0, 0.05) is 6.54 Å². The van der Waals surface area contributed by atoms with Gasteiger partial charge in [-0.1, -0.05) is 13.3 Å². The van der Waals surface area contributed by atoms with E-state index < -0.39 is 0 Å². The molecule has 0 bridgehead atoms. The van der Waals surface area contributed by atoms with Crippen molar-refractivity contribution in [1.82, 2.24) is 4.90 Å². The Morgan fingerprint density at radius 2 is 2.07 bits per heavy atom. The molecule has 0 unspecified atom stereocenters. The molecule has 0 amide bonds. The zero-order chi connectivity index (χ0) is 10.7. The van der Waals surface area contributed by atoms with E-state index in [1.165, 1.54) is 58.2 Å². The van der Waals surface area contributed by atoms with Crippen LogP contribution in [0.15, 0.2) is 0 Å². The summed E-state index contributed by atoms with van der Waals surface area (Å²) >= 11 is 0. The molecule has 2 rings (SSSR count). The lowest BCUT2D eigenvalue weighted by molar-refractivity contribution is 0.106. The highest BCUT2D eigenvalue weighted by atomic mass is 15.1. The van der Waals surface area contributed by atoms with Crippen LogP contribution in [-0.4, -0.2) is 31.1 Å². The second-order valence-electron chi connectivity index (χ2n) is 5.64. The van der Waals surface area contributed by atoms with Crippen molar-refractivity contribution in [2.75, 3.05) is 26.2 Å². The third-order valence-corrected chi connectivity index (χ3v) is 4.47. The van der Waals surface area contributed by atoms with Crippen LogP contribution >= 0.6 is 0 Å². The molecule has 2 N–H and O–H groups in total. The van der Waals surface area contributed by atoms with Crippen LogP contribution in [0.5, 0.6) is 0 Å². The van der Waals surface area contributed by atoms with Crippen molar-refractivity contribution < 1.29 is 0 Å². The zero-order valence-corrected chi connectivity index (χ0v) is 10.2. The van der Waals surface area contributed by atoms with E-state index >= 15 is 0 Å². The number of hydrogen-bond acceptors (Lipinski definition) is 2. The Kier molecular flexibility index (Phi) is 3.68. The van der Waals surface area contributed by atoms with Gasteiger partial charge in [0.25, 0.3) is 0 Å². The molecule has 15 heavy (non-hydrogen) atoms. The van der Waals surface area contributed by atoms with E-state index in [-0.39, 0.29) is 0 Å². The summed E-state index contributed by atoms with van der Waals surface area (Å²) in [7, 11) is 0. The minimum absolute atomic E-state index is 0.539. The van der Waals surface area contributed by atoms with Crippen molar-refractivity contribution in [2.45, 2.75) is 45.4 Å². The Morgan fingerprint density at radius 3 is 2.47 bits per heavy atom. The van der Waals surface area contributed by atoms with Gasteiger partial charge in [0.1, 0.15) is 0 Å². The molecule has 0 atom stereocenters. The molecule has 2 saturated carbocycles. The van der Waals surface area contributed by atoms with Gasteiger partial charge < -0.3 is 10.6 Å². The number of rotatable bonds is 7. The standard InChI is InChI=1S/C13H26N2/c1-2-15(10-12-4-5-12)9-8-13(11-14)6-3-7-13/h12H,2-11,14H2,1H3. The van der Waals surface area contributed by atoms with Crippen molar-refractivity contribution in [3.8, 4) is 0 Å². The van der Waals surface area contributed by atoms with Crippen molar-refractivity contribution in [3.63, 3.8) is 0 Å². The molecule has 2 nitrogen and oxygen atoms in total. The highest BCUT2D eigenvalue weighted by Gasteiger charge is 2.35. The second-order valence-corrected chi connectivity index (χ2v) is 5.64. The molecule has 0 saturated heterocycles. The maximum absolute atomic E-state index is 5.89. The lowest BCUT2D eigenvalue weighted by atomic mass is 9.66. The van der Waals surface area contributed by atoms with Crippen LogP contribution in [0.1, 0.15) is 45.4 Å². The summed E-state index contributed by atoms with van der Waals surface area (Å²) in [5, 5.41) is 0. The van der Waals surface area contributed by atoms with Gasteiger partial charge >= 0.3 is 0 Å². The molecule has 0 heterocycles. The largest absolute Gasteiger partial charge is 0.330 e. The number of hydrogen-bond donors (Lipinski definition) is 1. The zero-order valence-electron chi connectivity index (χ0n) is 10.2. The molecule has 2 aliphatic carbocycles. The number of nitrogens with two attached hydrogens (primary N) is 1. The van der Waals surface area contributed by atoms with Crippen molar-refractivity contribution in [1.29, 1.82) is 0 Å². The van der Waals surface area contributed by atoms with Crippen LogP contribution in [0.4, 0.5) is 0 Å². The Hall–Kier alpha value is -0.0800. The Labute approximate surface area is 94.2 Å². The lowest BCUT2D eigenvalue weighted by Gasteiger charge is -2.42. The van der Waals surface area contributed by atoms with Crippen molar-refractivity contribution in [2.24, 2.45) is 17.1 Å². The summed E-state index contributed by atoms with van der Waals surface area (Å²) in [6, 6.07) is 0. The fraction of sp³-hybridized carbons (Fsp3) is 1.00. The Morgan fingerprint density at radius 1 is 1.33 bits per heavy atom. The predicted octanol–water partition coefficient (Wildman–Crippen LogP) is 2.24. The molecular formula is C13H26N2. The molecule has 0 aromatic rings. The summed E-state index contributed by atoms with van der Waals surface area (Å²) in [4.78, 5) is 2.63. The van der Waals surface area contributed by atoms with Crippen molar-refractivity contribution in [3.05, 3.63) is 0 Å². The first-order chi connectivity index (χ1) is 7.28. The van der Waals surface area contributed by atoms with Crippen LogP contribution in [0, 0.1) is 11.3 Å². The van der Waals surface area contributed by atoms with Crippen LogP contribution in [0.2, 0.25) is 0 Å². The van der Waals surface area contributed by atoms with E-state index in [1.807, 2.05) is 0 Å². The Balaban J connectivity index is 1.69. The minimum atomic E-state index is 0.539. The summed E-state index contributed by atoms with van der Waals surface area (Å²) < 4.78 is 0. The molecule has 2 aliphatic rings. The predicted molar refractivity (Wildman–Crippen MR) is 64.8 cm³/mol. The van der Waals surface area contributed by atoms with E-state index in [0.717, 1.165) is 12.5 Å². The first-order valence-corrected chi connectivity index (χ1v) is 6.70. The van der Waals surface area contributed by atoms with Crippen molar-refractivity contribution >= 4 is 0 Å². The van der Waals surface area contributed by atoms with Crippen LogP contribution in [-0.2, 0) is 0 Å². The molecular weight excluding hydrogens is 184 g/mol. The second kappa shape index (κ2) is 4.84. The normalized spacial score (nSPS) is 24.2. The summed E-state index contributed by atoms with van der Waals surface area (Å²) in [6.07, 6.45) is 8.45. The average Bonchev–Trinajstić information content (AvgIpc) is 2.99. The van der Waals surface area contributed by atoms with Gasteiger partial charge in [0.05, 0.1) is 0 Å². The van der Waals surface area contributed by atoms with Crippen LogP contribution < -0.4 is 5.73 Å². The maximum atomic E-state index is 5.89. The molecule has 2 heteroatoms. The molecule has 0 aliphatic heterocycles. The average molecular weight is 210 g/mol. The summed E-state index contributed by atoms with van der Waals surface area (Å²) in [6.45, 7) is 7.05. The Bertz CT molecular complexity index is 189. The van der Waals surface area contributed by atoms with Gasteiger partial charge in [-0.15, -0.1) is 0 Å². The van der Waals surface area contributed by atoms with Gasteiger partial charge in [-0.05, 0) is 63.1 Å². The van der Waals surface area contributed by atoms with Gasteiger partial charge in [-0.3, -0.25) is 0 Å². The smallest absolute Gasteiger partial charge is 0.000955 e. The fourth-order valence-corrected chi connectivity index (χ4v) is 2.67. The quantitative estimate of drug-likeness (QED) is 0.698. The van der Waals surface area contributed by atoms with E-state index in [0.29, 0.717) is 5.41 Å². The molecule has 88 valence electrons.